The number of aromatic amines is 1. The highest BCUT2D eigenvalue weighted by atomic mass is 16.1. The van der Waals surface area contributed by atoms with Crippen LogP contribution in [0.1, 0.15) is 10.5 Å². The summed E-state index contributed by atoms with van der Waals surface area (Å²) in [5.41, 5.74) is 0.449. The number of nitrogens with zero attached hydrogens (tertiary/aromatic N) is 3. The Balaban J connectivity index is 1.69. The van der Waals surface area contributed by atoms with Crippen molar-refractivity contribution in [3.63, 3.8) is 0 Å². The molecule has 0 aromatic carbocycles. The number of rotatable bonds is 5. The minimum Gasteiger partial charge on any atom is -0.367 e. The van der Waals surface area contributed by atoms with Gasteiger partial charge in [-0.25, -0.2) is 4.98 Å². The predicted octanol–water partition coefficient (Wildman–Crippen LogP) is 0.0416. The molecule has 0 atom stereocenters. The highest BCUT2D eigenvalue weighted by Gasteiger charge is 2.04. The number of hydrogen-bond donors (Lipinski definition) is 3. The molecule has 0 spiro atoms. The molecule has 1 amide bonds. The molecule has 0 fully saturated rings. The van der Waals surface area contributed by atoms with Gasteiger partial charge >= 0.3 is 0 Å². The van der Waals surface area contributed by atoms with Crippen molar-refractivity contribution < 1.29 is 4.79 Å². The van der Waals surface area contributed by atoms with E-state index in [4.69, 9.17) is 0 Å². The summed E-state index contributed by atoms with van der Waals surface area (Å²) in [6, 6.07) is 1.62. The topological polar surface area (TPSA) is 95.6 Å². The lowest BCUT2D eigenvalue weighted by atomic mass is 10.4. The fourth-order valence-corrected chi connectivity index (χ4v) is 1.23. The van der Waals surface area contributed by atoms with Gasteiger partial charge in [-0.2, -0.15) is 5.10 Å². The minimum atomic E-state index is -0.177. The SMILES string of the molecule is O=C(NCCNc1cnccn1)c1ccn[nH]1. The fourth-order valence-electron chi connectivity index (χ4n) is 1.23. The van der Waals surface area contributed by atoms with Crippen molar-refractivity contribution in [1.82, 2.24) is 25.5 Å². The summed E-state index contributed by atoms with van der Waals surface area (Å²) in [5.74, 6) is 0.506. The van der Waals surface area contributed by atoms with Gasteiger partial charge in [0.1, 0.15) is 11.5 Å². The van der Waals surface area contributed by atoms with E-state index < -0.39 is 0 Å². The Kier molecular flexibility index (Phi) is 3.64. The molecule has 0 bridgehead atoms. The van der Waals surface area contributed by atoms with Crippen LogP contribution in [0.4, 0.5) is 5.82 Å². The number of H-pyrrole nitrogens is 1. The molecule has 2 rings (SSSR count). The molecule has 17 heavy (non-hydrogen) atoms. The van der Waals surface area contributed by atoms with Crippen LogP contribution >= 0.6 is 0 Å². The van der Waals surface area contributed by atoms with Crippen molar-refractivity contribution in [2.75, 3.05) is 18.4 Å². The maximum absolute atomic E-state index is 11.5. The number of carbonyl (C=O) groups is 1. The van der Waals surface area contributed by atoms with Crippen molar-refractivity contribution in [2.45, 2.75) is 0 Å². The van der Waals surface area contributed by atoms with Crippen molar-refractivity contribution >= 4 is 11.7 Å². The van der Waals surface area contributed by atoms with E-state index in [1.165, 1.54) is 6.20 Å². The Hall–Kier alpha value is -2.44. The van der Waals surface area contributed by atoms with E-state index in [1.54, 1.807) is 24.7 Å². The van der Waals surface area contributed by atoms with Crippen LogP contribution in [0.5, 0.6) is 0 Å². The van der Waals surface area contributed by atoms with E-state index in [0.29, 0.717) is 24.6 Å². The van der Waals surface area contributed by atoms with E-state index in [1.807, 2.05) is 0 Å². The highest BCUT2D eigenvalue weighted by Crippen LogP contribution is 1.95. The molecule has 88 valence electrons. The third-order valence-corrected chi connectivity index (χ3v) is 2.03. The van der Waals surface area contributed by atoms with Gasteiger partial charge in [0.05, 0.1) is 6.20 Å². The summed E-state index contributed by atoms with van der Waals surface area (Å²) in [4.78, 5) is 19.4. The second-order valence-electron chi connectivity index (χ2n) is 3.24. The summed E-state index contributed by atoms with van der Waals surface area (Å²) < 4.78 is 0. The third kappa shape index (κ3) is 3.26. The zero-order valence-corrected chi connectivity index (χ0v) is 9.05. The number of carbonyl (C=O) groups excluding carboxylic acids is 1. The van der Waals surface area contributed by atoms with Gasteiger partial charge in [0.2, 0.25) is 0 Å². The molecule has 0 aliphatic carbocycles. The number of hydrogen-bond acceptors (Lipinski definition) is 5. The zero-order valence-electron chi connectivity index (χ0n) is 9.05. The summed E-state index contributed by atoms with van der Waals surface area (Å²) in [5, 5.41) is 12.1. The van der Waals surface area contributed by atoms with Gasteiger partial charge in [-0.15, -0.1) is 0 Å². The van der Waals surface area contributed by atoms with E-state index in [2.05, 4.69) is 30.8 Å². The molecule has 0 saturated carbocycles. The summed E-state index contributed by atoms with van der Waals surface area (Å²) >= 11 is 0. The standard InChI is InChI=1S/C10H12N6O/c17-10(8-1-2-15-16-8)14-6-5-13-9-7-11-3-4-12-9/h1-4,7H,5-6H2,(H,12,13)(H,14,17)(H,15,16). The van der Waals surface area contributed by atoms with Crippen LogP contribution in [0, 0.1) is 0 Å². The molecule has 3 N–H and O–H groups in total. The lowest BCUT2D eigenvalue weighted by Gasteiger charge is -2.05. The molecule has 0 unspecified atom stereocenters. The lowest BCUT2D eigenvalue weighted by molar-refractivity contribution is 0.0950. The van der Waals surface area contributed by atoms with Crippen molar-refractivity contribution in [1.29, 1.82) is 0 Å². The van der Waals surface area contributed by atoms with Crippen molar-refractivity contribution in [2.24, 2.45) is 0 Å². The van der Waals surface area contributed by atoms with Gasteiger partial charge in [-0.3, -0.25) is 14.9 Å². The number of amides is 1. The lowest BCUT2D eigenvalue weighted by Crippen LogP contribution is -2.29. The molecule has 0 saturated heterocycles. The van der Waals surface area contributed by atoms with Crippen LogP contribution in [0.25, 0.3) is 0 Å². The second-order valence-corrected chi connectivity index (χ2v) is 3.24. The normalized spacial score (nSPS) is 9.88. The van der Waals surface area contributed by atoms with Crippen LogP contribution in [0.15, 0.2) is 30.9 Å². The van der Waals surface area contributed by atoms with Gasteiger partial charge < -0.3 is 10.6 Å². The Morgan fingerprint density at radius 2 is 2.24 bits per heavy atom. The maximum Gasteiger partial charge on any atom is 0.269 e. The Morgan fingerprint density at radius 3 is 2.94 bits per heavy atom. The first kappa shape index (κ1) is 11.1. The Morgan fingerprint density at radius 1 is 1.29 bits per heavy atom. The van der Waals surface area contributed by atoms with Gasteiger partial charge in [0.25, 0.3) is 5.91 Å². The fraction of sp³-hybridized carbons (Fsp3) is 0.200. The monoisotopic (exact) mass is 232 g/mol. The highest BCUT2D eigenvalue weighted by molar-refractivity contribution is 5.92. The maximum atomic E-state index is 11.5. The van der Waals surface area contributed by atoms with Crippen LogP contribution in [-0.4, -0.2) is 39.2 Å². The average Bonchev–Trinajstić information content (AvgIpc) is 2.89. The second kappa shape index (κ2) is 5.59. The average molecular weight is 232 g/mol. The van der Waals surface area contributed by atoms with Gasteiger partial charge in [-0.1, -0.05) is 0 Å². The van der Waals surface area contributed by atoms with Gasteiger partial charge in [0.15, 0.2) is 0 Å². The summed E-state index contributed by atoms with van der Waals surface area (Å²) in [6.45, 7) is 1.08. The molecule has 2 heterocycles. The van der Waals surface area contributed by atoms with E-state index in [0.717, 1.165) is 0 Å². The van der Waals surface area contributed by atoms with Gasteiger partial charge in [-0.05, 0) is 6.07 Å². The smallest absolute Gasteiger partial charge is 0.269 e. The van der Waals surface area contributed by atoms with E-state index >= 15 is 0 Å². The molecule has 7 heteroatoms. The first-order valence-corrected chi connectivity index (χ1v) is 5.14. The summed E-state index contributed by atoms with van der Waals surface area (Å²) in [6.07, 6.45) is 6.36. The minimum absolute atomic E-state index is 0.177. The quantitative estimate of drug-likeness (QED) is 0.633. The molecule has 2 aromatic rings. The molecular weight excluding hydrogens is 220 g/mol. The molecule has 7 nitrogen and oxygen atoms in total. The Bertz CT molecular complexity index is 455. The molecule has 0 aliphatic rings. The number of nitrogens with one attached hydrogen (secondary N) is 3. The zero-order chi connectivity index (χ0) is 11.9. The first-order valence-electron chi connectivity index (χ1n) is 5.14. The largest absolute Gasteiger partial charge is 0.367 e. The van der Waals surface area contributed by atoms with Crippen LogP contribution in [-0.2, 0) is 0 Å². The number of anilines is 1. The van der Waals surface area contributed by atoms with Crippen LogP contribution in [0.2, 0.25) is 0 Å². The molecule has 0 radical (unpaired) electrons. The first-order chi connectivity index (χ1) is 8.36. The van der Waals surface area contributed by atoms with Crippen LogP contribution in [0.3, 0.4) is 0 Å². The van der Waals surface area contributed by atoms with E-state index in [9.17, 15) is 4.79 Å². The molecular formula is C10H12N6O. The number of aromatic nitrogens is 4. The third-order valence-electron chi connectivity index (χ3n) is 2.03. The molecule has 2 aromatic heterocycles. The van der Waals surface area contributed by atoms with Crippen molar-refractivity contribution in [3.05, 3.63) is 36.5 Å². The Labute approximate surface area is 97.7 Å². The molecule has 0 aliphatic heterocycles. The predicted molar refractivity (Wildman–Crippen MR) is 61.4 cm³/mol. The van der Waals surface area contributed by atoms with Crippen LogP contribution < -0.4 is 10.6 Å². The summed E-state index contributed by atoms with van der Waals surface area (Å²) in [7, 11) is 0. The van der Waals surface area contributed by atoms with Crippen molar-refractivity contribution in [3.8, 4) is 0 Å². The van der Waals surface area contributed by atoms with Gasteiger partial charge in [0, 0.05) is 31.7 Å². The van der Waals surface area contributed by atoms with E-state index in [-0.39, 0.29) is 5.91 Å².